The number of nitrogens with one attached hydrogen (secondary N) is 3. The molecule has 11 nitrogen and oxygen atoms in total. The number of aromatic nitrogens is 1. The summed E-state index contributed by atoms with van der Waals surface area (Å²) in [6.45, 7) is 3.82. The molecule has 0 aliphatic carbocycles. The first-order chi connectivity index (χ1) is 24.3. The van der Waals surface area contributed by atoms with Gasteiger partial charge in [0, 0.05) is 22.4 Å². The summed E-state index contributed by atoms with van der Waals surface area (Å²) in [5.41, 5.74) is 6.98. The topological polar surface area (TPSA) is 141 Å². The Balaban J connectivity index is 1.32. The number of fused-ring (bicyclic) bond motifs is 4. The SMILES string of the molecule is COC(=O)c1nc2oc1C13c4cc(ccc4OC1Nc1c(-c4ccccc4)cccc13)C[C@H](NOC(=O)c1ccccc1)C(=O)N[C@H]2C(C)C. The van der Waals surface area contributed by atoms with E-state index in [0.29, 0.717) is 11.3 Å². The fraction of sp³-hybridized carbons (Fsp3) is 0.231. The fourth-order valence-corrected chi connectivity index (χ4v) is 7.21. The smallest absolute Gasteiger partial charge is 0.360 e. The van der Waals surface area contributed by atoms with Crippen molar-refractivity contribution < 1.29 is 33.1 Å². The maximum atomic E-state index is 14.0. The Morgan fingerprint density at radius 2 is 1.68 bits per heavy atom. The molecule has 0 saturated heterocycles. The molecule has 3 N–H and O–H groups in total. The monoisotopic (exact) mass is 670 g/mol. The normalized spacial score (nSPS) is 21.4. The van der Waals surface area contributed by atoms with Gasteiger partial charge in [0.1, 0.15) is 23.2 Å². The number of ether oxygens (including phenoxy) is 2. The third kappa shape index (κ3) is 4.92. The van der Waals surface area contributed by atoms with Crippen LogP contribution in [-0.2, 0) is 26.2 Å². The molecule has 2 unspecified atom stereocenters. The zero-order valence-corrected chi connectivity index (χ0v) is 27.6. The van der Waals surface area contributed by atoms with Gasteiger partial charge in [-0.2, -0.15) is 0 Å². The third-order valence-corrected chi connectivity index (χ3v) is 9.63. The second-order valence-corrected chi connectivity index (χ2v) is 13.0. The standard InChI is InChI=1S/C39H34N4O7/c1-21(2)30-35-41-32(37(46)47-3)33(49-35)39-26-16-10-15-25(23-11-6-4-7-12-23)31(26)42-38(39)48-29-18-17-22(19-27(29)39)20-28(34(44)40-30)43-50-36(45)24-13-8-5-9-14-24/h4-19,21,28,30,38,42-43H,20H2,1-3H3,(H,40,44)/t28-,30-,38?,39?/m0/s1. The van der Waals surface area contributed by atoms with Gasteiger partial charge in [0.25, 0.3) is 0 Å². The summed E-state index contributed by atoms with van der Waals surface area (Å²) in [5.74, 6) is -1.01. The summed E-state index contributed by atoms with van der Waals surface area (Å²) >= 11 is 0. The minimum absolute atomic E-state index is 0.0141. The summed E-state index contributed by atoms with van der Waals surface area (Å²) in [6, 6.07) is 28.5. The van der Waals surface area contributed by atoms with Crippen LogP contribution >= 0.6 is 0 Å². The Bertz CT molecular complexity index is 2130. The molecule has 3 aliphatic rings. The van der Waals surface area contributed by atoms with Crippen molar-refractivity contribution in [2.24, 2.45) is 5.92 Å². The highest BCUT2D eigenvalue weighted by molar-refractivity contribution is 5.93. The van der Waals surface area contributed by atoms with E-state index in [4.69, 9.17) is 23.7 Å². The van der Waals surface area contributed by atoms with E-state index in [0.717, 1.165) is 33.5 Å². The second kappa shape index (κ2) is 12.2. The highest BCUT2D eigenvalue weighted by Gasteiger charge is 2.61. The van der Waals surface area contributed by atoms with Gasteiger partial charge in [0.15, 0.2) is 17.7 Å². The molecule has 4 atom stereocenters. The van der Waals surface area contributed by atoms with Gasteiger partial charge in [-0.05, 0) is 41.7 Å². The number of benzene rings is 4. The predicted molar refractivity (Wildman–Crippen MR) is 182 cm³/mol. The minimum Gasteiger partial charge on any atom is -0.469 e. The molecule has 50 heavy (non-hydrogen) atoms. The van der Waals surface area contributed by atoms with Crippen molar-refractivity contribution in [1.82, 2.24) is 15.8 Å². The molecule has 5 aromatic rings. The van der Waals surface area contributed by atoms with Crippen molar-refractivity contribution in [1.29, 1.82) is 0 Å². The maximum absolute atomic E-state index is 14.0. The van der Waals surface area contributed by atoms with Gasteiger partial charge in [-0.15, -0.1) is 5.48 Å². The average Bonchev–Trinajstić information content (AvgIpc) is 3.81. The maximum Gasteiger partial charge on any atom is 0.360 e. The first-order valence-corrected chi connectivity index (χ1v) is 16.5. The molecule has 4 aromatic carbocycles. The molecule has 3 aliphatic heterocycles. The van der Waals surface area contributed by atoms with E-state index >= 15 is 0 Å². The van der Waals surface area contributed by atoms with Crippen LogP contribution in [0.3, 0.4) is 0 Å². The zero-order chi connectivity index (χ0) is 34.6. The Morgan fingerprint density at radius 3 is 2.42 bits per heavy atom. The lowest BCUT2D eigenvalue weighted by Crippen LogP contribution is -2.48. The molecule has 8 rings (SSSR count). The largest absolute Gasteiger partial charge is 0.469 e. The van der Waals surface area contributed by atoms with Crippen LogP contribution in [0.2, 0.25) is 0 Å². The summed E-state index contributed by atoms with van der Waals surface area (Å²) in [7, 11) is 1.30. The van der Waals surface area contributed by atoms with E-state index < -0.39 is 41.6 Å². The number of nitrogens with zero attached hydrogens (tertiary/aromatic N) is 1. The van der Waals surface area contributed by atoms with Crippen LogP contribution < -0.4 is 20.9 Å². The van der Waals surface area contributed by atoms with Gasteiger partial charge in [0.2, 0.25) is 11.8 Å². The van der Waals surface area contributed by atoms with Crippen molar-refractivity contribution in [2.75, 3.05) is 12.4 Å². The minimum atomic E-state index is -1.17. The summed E-state index contributed by atoms with van der Waals surface area (Å²) in [5, 5.41) is 6.66. The molecule has 0 saturated carbocycles. The quantitative estimate of drug-likeness (QED) is 0.152. The molecule has 0 fully saturated rings. The van der Waals surface area contributed by atoms with E-state index in [2.05, 4.69) is 16.1 Å². The lowest BCUT2D eigenvalue weighted by atomic mass is 9.72. The van der Waals surface area contributed by atoms with Crippen LogP contribution in [0.25, 0.3) is 11.1 Å². The van der Waals surface area contributed by atoms with Gasteiger partial charge in [0.05, 0.1) is 12.7 Å². The number of anilines is 1. The van der Waals surface area contributed by atoms with Gasteiger partial charge >= 0.3 is 11.9 Å². The van der Waals surface area contributed by atoms with Gasteiger partial charge < -0.3 is 29.4 Å². The molecule has 0 radical (unpaired) electrons. The molecule has 252 valence electrons. The predicted octanol–water partition coefficient (Wildman–Crippen LogP) is 5.71. The molecule has 11 heteroatoms. The Hall–Kier alpha value is -5.94. The van der Waals surface area contributed by atoms with Crippen LogP contribution in [0.5, 0.6) is 5.75 Å². The number of amides is 1. The number of hydrogen-bond donors (Lipinski definition) is 3. The first kappa shape index (κ1) is 31.3. The number of oxazole rings is 1. The molecule has 1 amide bonds. The van der Waals surface area contributed by atoms with Crippen LogP contribution in [0.15, 0.2) is 101 Å². The molecular formula is C39H34N4O7. The van der Waals surface area contributed by atoms with Crippen LogP contribution in [0.1, 0.15) is 69.1 Å². The van der Waals surface area contributed by atoms with Gasteiger partial charge in [-0.3, -0.25) is 4.79 Å². The van der Waals surface area contributed by atoms with Crippen molar-refractivity contribution in [2.45, 2.75) is 44.0 Å². The van der Waals surface area contributed by atoms with E-state index in [1.165, 1.54) is 7.11 Å². The number of para-hydroxylation sites is 1. The number of carbonyl (C=O) groups is 3. The van der Waals surface area contributed by atoms with Crippen LogP contribution in [0, 0.1) is 5.92 Å². The van der Waals surface area contributed by atoms with Gasteiger partial charge in [-0.1, -0.05) is 92.7 Å². The van der Waals surface area contributed by atoms with Crippen molar-refractivity contribution in [3.63, 3.8) is 0 Å². The number of hydrogen-bond acceptors (Lipinski definition) is 10. The number of carbonyl (C=O) groups excluding carboxylic acids is 3. The van der Waals surface area contributed by atoms with Crippen molar-refractivity contribution in [3.8, 4) is 16.9 Å². The number of esters is 1. The average molecular weight is 671 g/mol. The number of methoxy groups -OCH3 is 1. The third-order valence-electron chi connectivity index (χ3n) is 9.63. The number of hydroxylamine groups is 1. The van der Waals surface area contributed by atoms with E-state index in [9.17, 15) is 14.4 Å². The lowest BCUT2D eigenvalue weighted by Gasteiger charge is -2.28. The van der Waals surface area contributed by atoms with E-state index in [1.54, 1.807) is 30.3 Å². The van der Waals surface area contributed by atoms with Gasteiger partial charge in [-0.25, -0.2) is 14.6 Å². The zero-order valence-electron chi connectivity index (χ0n) is 27.6. The molecule has 4 heterocycles. The summed E-state index contributed by atoms with van der Waals surface area (Å²) < 4.78 is 18.6. The van der Waals surface area contributed by atoms with E-state index in [1.807, 2.05) is 80.6 Å². The highest BCUT2D eigenvalue weighted by Crippen LogP contribution is 2.60. The second-order valence-electron chi connectivity index (χ2n) is 13.0. The Morgan fingerprint density at radius 1 is 0.920 bits per heavy atom. The molecule has 1 spiro atoms. The van der Waals surface area contributed by atoms with E-state index in [-0.39, 0.29) is 29.7 Å². The highest BCUT2D eigenvalue weighted by atomic mass is 16.7. The van der Waals surface area contributed by atoms with Crippen molar-refractivity contribution >= 4 is 23.5 Å². The van der Waals surface area contributed by atoms with Crippen LogP contribution in [0.4, 0.5) is 5.69 Å². The van der Waals surface area contributed by atoms with Crippen LogP contribution in [-0.4, -0.2) is 42.2 Å². The molecule has 4 bridgehead atoms. The summed E-state index contributed by atoms with van der Waals surface area (Å²) in [6.07, 6.45) is -0.555. The lowest BCUT2D eigenvalue weighted by molar-refractivity contribution is -0.127. The van der Waals surface area contributed by atoms with Crippen molar-refractivity contribution in [3.05, 3.63) is 137 Å². The fourth-order valence-electron chi connectivity index (χ4n) is 7.21. The number of rotatable bonds is 6. The summed E-state index contributed by atoms with van der Waals surface area (Å²) in [4.78, 5) is 50.6. The Labute approximate surface area is 287 Å². The molecular weight excluding hydrogens is 636 g/mol. The Kier molecular flexibility index (Phi) is 7.64. The first-order valence-electron chi connectivity index (χ1n) is 16.5. The molecule has 1 aromatic heterocycles.